The predicted octanol–water partition coefficient (Wildman–Crippen LogP) is 3.52. The average Bonchev–Trinajstić information content (AvgIpc) is 2.52. The molecule has 5 heteroatoms. The van der Waals surface area contributed by atoms with Crippen LogP contribution < -0.4 is 4.74 Å². The third-order valence-electron chi connectivity index (χ3n) is 4.49. The molecular formula is C18H23NO3S. The summed E-state index contributed by atoms with van der Waals surface area (Å²) in [4.78, 5) is 0.372. The second-order valence-electron chi connectivity index (χ2n) is 6.64. The molecule has 0 amide bonds. The largest absolute Gasteiger partial charge is 0.497 e. The number of fused-ring (bicyclic) bond motifs is 1. The van der Waals surface area contributed by atoms with Crippen molar-refractivity contribution in [1.82, 2.24) is 4.31 Å². The van der Waals surface area contributed by atoms with Crippen molar-refractivity contribution in [3.05, 3.63) is 36.4 Å². The Labute approximate surface area is 138 Å². The summed E-state index contributed by atoms with van der Waals surface area (Å²) in [6.07, 6.45) is 1.09. The minimum Gasteiger partial charge on any atom is -0.497 e. The summed E-state index contributed by atoms with van der Waals surface area (Å²) in [5, 5.41) is 1.88. The lowest BCUT2D eigenvalue weighted by Gasteiger charge is -2.34. The fourth-order valence-corrected chi connectivity index (χ4v) is 5.16. The van der Waals surface area contributed by atoms with Gasteiger partial charge in [0.2, 0.25) is 10.0 Å². The van der Waals surface area contributed by atoms with Crippen molar-refractivity contribution >= 4 is 20.8 Å². The Bertz CT molecular complexity index is 806. The van der Waals surface area contributed by atoms with E-state index in [1.165, 1.54) is 0 Å². The maximum absolute atomic E-state index is 12.9. The summed E-state index contributed by atoms with van der Waals surface area (Å²) in [6.45, 7) is 5.44. The normalized spacial score (nSPS) is 23.1. The molecule has 1 saturated heterocycles. The Morgan fingerprint density at radius 2 is 1.61 bits per heavy atom. The Morgan fingerprint density at radius 1 is 1.00 bits per heavy atom. The number of sulfonamides is 1. The molecule has 124 valence electrons. The first-order valence-electron chi connectivity index (χ1n) is 7.98. The highest BCUT2D eigenvalue weighted by atomic mass is 32.2. The van der Waals surface area contributed by atoms with Gasteiger partial charge in [-0.2, -0.15) is 4.31 Å². The number of hydrogen-bond donors (Lipinski definition) is 0. The molecule has 1 aliphatic rings. The summed E-state index contributed by atoms with van der Waals surface area (Å²) in [7, 11) is -1.81. The summed E-state index contributed by atoms with van der Waals surface area (Å²) in [5.41, 5.74) is 0. The Hall–Kier alpha value is -1.59. The molecule has 1 aliphatic heterocycles. The van der Waals surface area contributed by atoms with Crippen molar-refractivity contribution < 1.29 is 13.2 Å². The van der Waals surface area contributed by atoms with Gasteiger partial charge in [-0.05, 0) is 53.3 Å². The highest BCUT2D eigenvalue weighted by molar-refractivity contribution is 7.89. The van der Waals surface area contributed by atoms with Gasteiger partial charge in [-0.15, -0.1) is 0 Å². The van der Waals surface area contributed by atoms with Crippen LogP contribution in [0.15, 0.2) is 41.3 Å². The third-order valence-corrected chi connectivity index (χ3v) is 6.32. The van der Waals surface area contributed by atoms with Gasteiger partial charge in [-0.1, -0.05) is 26.0 Å². The van der Waals surface area contributed by atoms with E-state index < -0.39 is 10.0 Å². The molecule has 23 heavy (non-hydrogen) atoms. The zero-order chi connectivity index (χ0) is 16.6. The Kier molecular flexibility index (Phi) is 4.34. The Balaban J connectivity index is 1.98. The van der Waals surface area contributed by atoms with E-state index in [1.807, 2.05) is 24.3 Å². The van der Waals surface area contributed by atoms with E-state index in [4.69, 9.17) is 4.74 Å². The molecule has 1 fully saturated rings. The van der Waals surface area contributed by atoms with Crippen LogP contribution in [0.5, 0.6) is 5.75 Å². The molecule has 0 aromatic heterocycles. The monoisotopic (exact) mass is 333 g/mol. The van der Waals surface area contributed by atoms with Gasteiger partial charge in [0.25, 0.3) is 0 Å². The van der Waals surface area contributed by atoms with Gasteiger partial charge in [0.15, 0.2) is 0 Å². The summed E-state index contributed by atoms with van der Waals surface area (Å²) in [6, 6.07) is 11.0. The zero-order valence-electron chi connectivity index (χ0n) is 13.8. The molecule has 4 nitrogen and oxygen atoms in total. The number of piperidine rings is 1. The minimum absolute atomic E-state index is 0.372. The lowest BCUT2D eigenvalue weighted by atomic mass is 9.94. The fourth-order valence-electron chi connectivity index (χ4n) is 3.44. The molecule has 0 spiro atoms. The van der Waals surface area contributed by atoms with Crippen molar-refractivity contribution in [3.8, 4) is 5.75 Å². The van der Waals surface area contributed by atoms with Gasteiger partial charge in [0, 0.05) is 13.1 Å². The number of ether oxygens (including phenoxy) is 1. The molecule has 2 unspecified atom stereocenters. The second-order valence-corrected chi connectivity index (χ2v) is 8.58. The standard InChI is InChI=1S/C18H23NO3S/c1-13-8-14(2)12-19(11-13)23(20,21)18-7-5-15-9-17(22-3)6-4-16(15)10-18/h4-7,9-10,13-14H,8,11-12H2,1-3H3. The van der Waals surface area contributed by atoms with Crippen molar-refractivity contribution in [2.75, 3.05) is 20.2 Å². The van der Waals surface area contributed by atoms with E-state index in [0.717, 1.165) is 22.9 Å². The molecule has 2 aromatic carbocycles. The third kappa shape index (κ3) is 3.21. The molecule has 2 atom stereocenters. The SMILES string of the molecule is COc1ccc2cc(S(=O)(=O)N3CC(C)CC(C)C3)ccc2c1. The molecule has 0 radical (unpaired) electrons. The number of methoxy groups -OCH3 is 1. The predicted molar refractivity (Wildman–Crippen MR) is 92.2 cm³/mol. The van der Waals surface area contributed by atoms with Crippen molar-refractivity contribution in [3.63, 3.8) is 0 Å². The molecule has 0 N–H and O–H groups in total. The van der Waals surface area contributed by atoms with Crippen LogP contribution in [0, 0.1) is 11.8 Å². The van der Waals surface area contributed by atoms with Gasteiger partial charge in [-0.3, -0.25) is 0 Å². The van der Waals surface area contributed by atoms with Gasteiger partial charge >= 0.3 is 0 Å². The number of nitrogens with zero attached hydrogens (tertiary/aromatic N) is 1. The van der Waals surface area contributed by atoms with E-state index in [-0.39, 0.29) is 0 Å². The lowest BCUT2D eigenvalue weighted by Crippen LogP contribution is -2.42. The molecule has 0 saturated carbocycles. The van der Waals surface area contributed by atoms with E-state index in [0.29, 0.717) is 29.8 Å². The van der Waals surface area contributed by atoms with E-state index in [2.05, 4.69) is 13.8 Å². The fraction of sp³-hybridized carbons (Fsp3) is 0.444. The number of benzene rings is 2. The molecule has 3 rings (SSSR count). The number of hydrogen-bond acceptors (Lipinski definition) is 3. The number of rotatable bonds is 3. The summed E-state index contributed by atoms with van der Waals surface area (Å²) in [5.74, 6) is 1.57. The van der Waals surface area contributed by atoms with Crippen LogP contribution in [0.3, 0.4) is 0 Å². The molecule has 0 aliphatic carbocycles. The van der Waals surface area contributed by atoms with Gasteiger partial charge in [-0.25, -0.2) is 8.42 Å². The lowest BCUT2D eigenvalue weighted by molar-refractivity contribution is 0.222. The van der Waals surface area contributed by atoms with E-state index in [9.17, 15) is 8.42 Å². The average molecular weight is 333 g/mol. The Morgan fingerprint density at radius 3 is 2.26 bits per heavy atom. The van der Waals surface area contributed by atoms with Crippen LogP contribution in [0.1, 0.15) is 20.3 Å². The smallest absolute Gasteiger partial charge is 0.243 e. The quantitative estimate of drug-likeness (QED) is 0.863. The van der Waals surface area contributed by atoms with Crippen molar-refractivity contribution in [2.24, 2.45) is 11.8 Å². The van der Waals surface area contributed by atoms with Crippen molar-refractivity contribution in [2.45, 2.75) is 25.2 Å². The van der Waals surface area contributed by atoms with Gasteiger partial charge in [0.05, 0.1) is 12.0 Å². The molecule has 1 heterocycles. The minimum atomic E-state index is -3.43. The first-order chi connectivity index (χ1) is 10.9. The highest BCUT2D eigenvalue weighted by Gasteiger charge is 2.31. The zero-order valence-corrected chi connectivity index (χ0v) is 14.6. The summed E-state index contributed by atoms with van der Waals surface area (Å²) < 4.78 is 32.7. The van der Waals surface area contributed by atoms with Crippen LogP contribution in [0.4, 0.5) is 0 Å². The molecule has 0 bridgehead atoms. The van der Waals surface area contributed by atoms with Gasteiger partial charge < -0.3 is 4.74 Å². The van der Waals surface area contributed by atoms with Gasteiger partial charge in [0.1, 0.15) is 5.75 Å². The molecular weight excluding hydrogens is 310 g/mol. The first-order valence-corrected chi connectivity index (χ1v) is 9.42. The summed E-state index contributed by atoms with van der Waals surface area (Å²) >= 11 is 0. The van der Waals surface area contributed by atoms with Crippen molar-refractivity contribution in [1.29, 1.82) is 0 Å². The van der Waals surface area contributed by atoms with E-state index >= 15 is 0 Å². The maximum Gasteiger partial charge on any atom is 0.243 e. The van der Waals surface area contributed by atoms with Crippen LogP contribution in [-0.4, -0.2) is 32.9 Å². The van der Waals surface area contributed by atoms with Crippen LogP contribution >= 0.6 is 0 Å². The molecule has 2 aromatic rings. The van der Waals surface area contributed by atoms with Crippen LogP contribution in [0.2, 0.25) is 0 Å². The van der Waals surface area contributed by atoms with Crippen LogP contribution in [-0.2, 0) is 10.0 Å². The highest BCUT2D eigenvalue weighted by Crippen LogP contribution is 2.29. The topological polar surface area (TPSA) is 46.6 Å². The maximum atomic E-state index is 12.9. The first kappa shape index (κ1) is 16.3. The second kappa shape index (κ2) is 6.13. The van der Waals surface area contributed by atoms with Crippen LogP contribution in [0.25, 0.3) is 10.8 Å². The van der Waals surface area contributed by atoms with E-state index in [1.54, 1.807) is 23.5 Å².